The van der Waals surface area contributed by atoms with Crippen molar-refractivity contribution in [2.75, 3.05) is 26.2 Å². The third-order valence-electron chi connectivity index (χ3n) is 9.25. The quantitative estimate of drug-likeness (QED) is 0.0467. The van der Waals surface area contributed by atoms with Gasteiger partial charge in [-0.15, -0.1) is 0 Å². The van der Waals surface area contributed by atoms with Gasteiger partial charge in [0.2, 0.25) is 0 Å². The topological polar surface area (TPSA) is 115 Å². The molecular formula is C36H67NO6. The average Bonchev–Trinajstić information content (AvgIpc) is 2.97. The van der Waals surface area contributed by atoms with Crippen LogP contribution >= 0.6 is 0 Å². The Labute approximate surface area is 264 Å². The van der Waals surface area contributed by atoms with E-state index < -0.39 is 35.7 Å². The molecule has 0 bridgehead atoms. The van der Waals surface area contributed by atoms with Gasteiger partial charge in [-0.25, -0.2) is 0 Å². The SMILES string of the molecule is CCCC/C=C/CCCCCCCCCCCCCCC[N+](CCC(C)C(=O)[O-])(CCC(C)C(=O)O)CCC(C)C(=O)O. The second-order valence-corrected chi connectivity index (χ2v) is 13.3. The summed E-state index contributed by atoms with van der Waals surface area (Å²) in [6.45, 7) is 9.97. The first-order chi connectivity index (χ1) is 20.5. The molecule has 43 heavy (non-hydrogen) atoms. The lowest BCUT2D eigenvalue weighted by Gasteiger charge is -2.41. The number of carbonyl (C=O) groups excluding carboxylic acids is 1. The third-order valence-corrected chi connectivity index (χ3v) is 9.25. The molecule has 0 rings (SSSR count). The van der Waals surface area contributed by atoms with Gasteiger partial charge in [-0.2, -0.15) is 0 Å². The van der Waals surface area contributed by atoms with Crippen LogP contribution < -0.4 is 5.11 Å². The van der Waals surface area contributed by atoms with E-state index in [0.717, 1.165) is 19.4 Å². The van der Waals surface area contributed by atoms with Crippen LogP contribution in [0.4, 0.5) is 0 Å². The first-order valence-electron chi connectivity index (χ1n) is 17.7. The summed E-state index contributed by atoms with van der Waals surface area (Å²) in [5, 5.41) is 30.3. The second kappa shape index (κ2) is 26.5. The van der Waals surface area contributed by atoms with Gasteiger partial charge >= 0.3 is 11.9 Å². The van der Waals surface area contributed by atoms with Crippen molar-refractivity contribution in [3.63, 3.8) is 0 Å². The first kappa shape index (κ1) is 41.1. The Bertz CT molecular complexity index is 692. The Morgan fingerprint density at radius 2 is 0.907 bits per heavy atom. The number of carbonyl (C=O) groups is 3. The van der Waals surface area contributed by atoms with Crippen molar-refractivity contribution in [2.45, 2.75) is 156 Å². The van der Waals surface area contributed by atoms with Gasteiger partial charge in [0, 0.05) is 31.1 Å². The van der Waals surface area contributed by atoms with E-state index in [9.17, 15) is 29.7 Å². The summed E-state index contributed by atoms with van der Waals surface area (Å²) in [7, 11) is 0. The minimum Gasteiger partial charge on any atom is -0.550 e. The van der Waals surface area contributed by atoms with Crippen molar-refractivity contribution in [1.29, 1.82) is 0 Å². The number of unbranched alkanes of at least 4 members (excludes halogenated alkanes) is 15. The van der Waals surface area contributed by atoms with Crippen LogP contribution in [0.25, 0.3) is 0 Å². The number of allylic oxidation sites excluding steroid dienone is 2. The maximum absolute atomic E-state index is 11.5. The molecule has 252 valence electrons. The Morgan fingerprint density at radius 1 is 0.558 bits per heavy atom. The molecule has 7 nitrogen and oxygen atoms in total. The number of hydrogen-bond acceptors (Lipinski definition) is 4. The maximum Gasteiger partial charge on any atom is 0.306 e. The zero-order valence-corrected chi connectivity index (χ0v) is 28.3. The molecule has 0 fully saturated rings. The Balaban J connectivity index is 4.44. The summed E-state index contributed by atoms with van der Waals surface area (Å²) in [5.74, 6) is -4.31. The second-order valence-electron chi connectivity index (χ2n) is 13.3. The lowest BCUT2D eigenvalue weighted by Crippen LogP contribution is -2.52. The van der Waals surface area contributed by atoms with Crippen LogP contribution in [-0.4, -0.2) is 58.8 Å². The van der Waals surface area contributed by atoms with Gasteiger partial charge in [0.05, 0.1) is 38.0 Å². The number of nitrogens with zero attached hydrogens (tertiary/aromatic N) is 1. The molecule has 7 heteroatoms. The molecule has 0 heterocycles. The van der Waals surface area contributed by atoms with E-state index in [-0.39, 0.29) is 0 Å². The third kappa shape index (κ3) is 23.2. The van der Waals surface area contributed by atoms with Crippen molar-refractivity contribution >= 4 is 17.9 Å². The maximum atomic E-state index is 11.5. The highest BCUT2D eigenvalue weighted by molar-refractivity contribution is 5.69. The number of aliphatic carboxylic acids is 3. The lowest BCUT2D eigenvalue weighted by molar-refractivity contribution is -0.929. The number of hydrogen-bond donors (Lipinski definition) is 2. The monoisotopic (exact) mass is 609 g/mol. The Hall–Kier alpha value is -1.89. The molecule has 0 aliphatic heterocycles. The molecule has 0 aromatic rings. The number of quaternary nitrogens is 1. The molecule has 2 N–H and O–H groups in total. The van der Waals surface area contributed by atoms with Gasteiger partial charge in [-0.1, -0.05) is 117 Å². The number of carboxylic acid groups (broad SMARTS) is 3. The van der Waals surface area contributed by atoms with Crippen LogP contribution in [0.2, 0.25) is 0 Å². The van der Waals surface area contributed by atoms with E-state index in [1.807, 2.05) is 0 Å². The van der Waals surface area contributed by atoms with E-state index in [4.69, 9.17) is 0 Å². The number of rotatable bonds is 31. The Morgan fingerprint density at radius 3 is 1.28 bits per heavy atom. The predicted molar refractivity (Wildman–Crippen MR) is 175 cm³/mol. The van der Waals surface area contributed by atoms with E-state index in [0.29, 0.717) is 43.4 Å². The first-order valence-corrected chi connectivity index (χ1v) is 17.7. The van der Waals surface area contributed by atoms with Crippen LogP contribution in [0.5, 0.6) is 0 Å². The Kier molecular flexibility index (Phi) is 25.3. The van der Waals surface area contributed by atoms with Crippen LogP contribution in [0.1, 0.15) is 156 Å². The molecule has 0 amide bonds. The fourth-order valence-corrected chi connectivity index (χ4v) is 5.65. The molecule has 0 aliphatic rings. The van der Waals surface area contributed by atoms with Crippen molar-refractivity contribution in [3.8, 4) is 0 Å². The molecule has 3 atom stereocenters. The summed E-state index contributed by atoms with van der Waals surface area (Å²) in [6, 6.07) is 0. The fourth-order valence-electron chi connectivity index (χ4n) is 5.65. The molecule has 0 aromatic carbocycles. The van der Waals surface area contributed by atoms with Crippen LogP contribution in [0.15, 0.2) is 12.2 Å². The molecule has 0 saturated heterocycles. The van der Waals surface area contributed by atoms with Gasteiger partial charge in [-0.3, -0.25) is 9.59 Å². The summed E-state index contributed by atoms with van der Waals surface area (Å²) >= 11 is 0. The molecule has 0 aromatic heterocycles. The zero-order valence-electron chi connectivity index (χ0n) is 28.3. The van der Waals surface area contributed by atoms with Crippen LogP contribution in [-0.2, 0) is 14.4 Å². The highest BCUT2D eigenvalue weighted by Crippen LogP contribution is 2.22. The largest absolute Gasteiger partial charge is 0.550 e. The van der Waals surface area contributed by atoms with Gasteiger partial charge in [0.15, 0.2) is 0 Å². The van der Waals surface area contributed by atoms with Crippen molar-refractivity contribution in [1.82, 2.24) is 0 Å². The van der Waals surface area contributed by atoms with Crippen molar-refractivity contribution < 1.29 is 34.2 Å². The van der Waals surface area contributed by atoms with Gasteiger partial charge in [-0.05, 0) is 32.1 Å². The van der Waals surface area contributed by atoms with Crippen LogP contribution in [0.3, 0.4) is 0 Å². The zero-order chi connectivity index (χ0) is 32.3. The van der Waals surface area contributed by atoms with E-state index in [1.165, 1.54) is 96.3 Å². The van der Waals surface area contributed by atoms with Gasteiger partial charge in [0.1, 0.15) is 0 Å². The number of carboxylic acids is 3. The lowest BCUT2D eigenvalue weighted by atomic mass is 10.0. The highest BCUT2D eigenvalue weighted by Gasteiger charge is 2.30. The fraction of sp³-hybridized carbons (Fsp3) is 0.861. The molecule has 0 saturated carbocycles. The average molecular weight is 610 g/mol. The molecule has 0 radical (unpaired) electrons. The van der Waals surface area contributed by atoms with Gasteiger partial charge < -0.3 is 24.6 Å². The summed E-state index contributed by atoms with van der Waals surface area (Å²) in [5.41, 5.74) is 0. The molecule has 3 unspecified atom stereocenters. The van der Waals surface area contributed by atoms with Crippen molar-refractivity contribution in [2.24, 2.45) is 17.8 Å². The van der Waals surface area contributed by atoms with Crippen molar-refractivity contribution in [3.05, 3.63) is 12.2 Å². The summed E-state index contributed by atoms with van der Waals surface area (Å²) in [4.78, 5) is 34.4. The molecule has 0 spiro atoms. The normalized spacial score (nSPS) is 15.3. The standard InChI is InChI=1S/C36H67NO6/c1-5-6-7-8-9-10-11-12-13-14-15-16-17-18-19-20-21-22-23-27-37(28-24-31(2)34(38)39,29-25-32(3)35(40)41)30-26-33(4)36(42)43/h8-9,31-33H,5-7,10-30H2,1-4H3,(H2-,38,39,40,41,42,43)/b9-8+. The summed E-state index contributed by atoms with van der Waals surface area (Å²) in [6.07, 6.45) is 27.6. The summed E-state index contributed by atoms with van der Waals surface area (Å²) < 4.78 is 0.586. The highest BCUT2D eigenvalue weighted by atomic mass is 16.4. The predicted octanol–water partition coefficient (Wildman–Crippen LogP) is 8.01. The molecule has 0 aliphatic carbocycles. The van der Waals surface area contributed by atoms with E-state index in [1.54, 1.807) is 20.8 Å². The smallest absolute Gasteiger partial charge is 0.306 e. The van der Waals surface area contributed by atoms with E-state index in [2.05, 4.69) is 19.1 Å². The van der Waals surface area contributed by atoms with Gasteiger partial charge in [0.25, 0.3) is 0 Å². The van der Waals surface area contributed by atoms with E-state index >= 15 is 0 Å². The minimum atomic E-state index is -1.07. The molecular weight excluding hydrogens is 542 g/mol. The minimum absolute atomic E-state index is 0.446. The van der Waals surface area contributed by atoms with Crippen LogP contribution in [0, 0.1) is 17.8 Å².